The van der Waals surface area contributed by atoms with Gasteiger partial charge in [0.1, 0.15) is 17.3 Å². The van der Waals surface area contributed by atoms with Crippen molar-refractivity contribution in [3.05, 3.63) is 59.4 Å². The van der Waals surface area contributed by atoms with Crippen molar-refractivity contribution in [3.8, 4) is 11.5 Å². The van der Waals surface area contributed by atoms with Crippen LogP contribution in [-0.4, -0.2) is 34.2 Å². The van der Waals surface area contributed by atoms with Gasteiger partial charge in [0, 0.05) is 25.7 Å². The molecule has 2 aromatic carbocycles. The minimum atomic E-state index is -0.297. The predicted octanol–water partition coefficient (Wildman–Crippen LogP) is 3.33. The van der Waals surface area contributed by atoms with Gasteiger partial charge in [-0.1, -0.05) is 18.2 Å². The maximum absolute atomic E-state index is 12.9. The number of aromatic hydroxyl groups is 2. The standard InChI is InChI=1S/C19H21FN2O3/c20-15-3-1-13(2-4-15)12-21-19(25)22-9-7-14(8-10-22)17-6-5-16(23)11-18(17)24/h1-6,11,14,23-24H,7-10,12H2,(H,21,25). The van der Waals surface area contributed by atoms with E-state index in [1.165, 1.54) is 18.2 Å². The van der Waals surface area contributed by atoms with Crippen molar-refractivity contribution < 1.29 is 19.4 Å². The summed E-state index contributed by atoms with van der Waals surface area (Å²) in [7, 11) is 0. The Morgan fingerprint density at radius 2 is 1.80 bits per heavy atom. The second-order valence-corrected chi connectivity index (χ2v) is 6.29. The van der Waals surface area contributed by atoms with Crippen LogP contribution >= 0.6 is 0 Å². The highest BCUT2D eigenvalue weighted by Crippen LogP contribution is 2.35. The summed E-state index contributed by atoms with van der Waals surface area (Å²) in [6.45, 7) is 1.55. The molecule has 0 spiro atoms. The Morgan fingerprint density at radius 1 is 1.12 bits per heavy atom. The van der Waals surface area contributed by atoms with Crippen LogP contribution in [0.3, 0.4) is 0 Å². The van der Waals surface area contributed by atoms with E-state index >= 15 is 0 Å². The fraction of sp³-hybridized carbons (Fsp3) is 0.316. The molecule has 6 heteroatoms. The van der Waals surface area contributed by atoms with E-state index < -0.39 is 0 Å². The second kappa shape index (κ2) is 7.42. The smallest absolute Gasteiger partial charge is 0.317 e. The lowest BCUT2D eigenvalue weighted by Gasteiger charge is -2.32. The Kier molecular flexibility index (Phi) is 5.07. The molecule has 2 aromatic rings. The maximum Gasteiger partial charge on any atom is 0.317 e. The van der Waals surface area contributed by atoms with Gasteiger partial charge >= 0.3 is 6.03 Å². The Bertz CT molecular complexity index is 741. The molecule has 132 valence electrons. The van der Waals surface area contributed by atoms with E-state index in [0.717, 1.165) is 24.0 Å². The van der Waals surface area contributed by atoms with Crippen molar-refractivity contribution in [1.29, 1.82) is 0 Å². The molecular formula is C19H21FN2O3. The summed E-state index contributed by atoms with van der Waals surface area (Å²) >= 11 is 0. The third-order valence-electron chi connectivity index (χ3n) is 4.59. The molecule has 2 amide bonds. The van der Waals surface area contributed by atoms with Gasteiger partial charge in [0.2, 0.25) is 0 Å². The molecule has 0 aromatic heterocycles. The summed E-state index contributed by atoms with van der Waals surface area (Å²) in [6.07, 6.45) is 1.50. The number of carbonyl (C=O) groups is 1. The average Bonchev–Trinajstić information content (AvgIpc) is 2.61. The molecule has 3 rings (SSSR count). The van der Waals surface area contributed by atoms with E-state index in [2.05, 4.69) is 5.32 Å². The lowest BCUT2D eigenvalue weighted by molar-refractivity contribution is 0.180. The number of benzene rings is 2. The summed E-state index contributed by atoms with van der Waals surface area (Å²) in [6, 6.07) is 10.5. The van der Waals surface area contributed by atoms with Crippen molar-refractivity contribution in [2.45, 2.75) is 25.3 Å². The molecule has 25 heavy (non-hydrogen) atoms. The van der Waals surface area contributed by atoms with Crippen molar-refractivity contribution in [2.75, 3.05) is 13.1 Å². The minimum Gasteiger partial charge on any atom is -0.508 e. The van der Waals surface area contributed by atoms with Crippen LogP contribution < -0.4 is 5.32 Å². The summed E-state index contributed by atoms with van der Waals surface area (Å²) in [4.78, 5) is 14.0. The predicted molar refractivity (Wildman–Crippen MR) is 92.0 cm³/mol. The van der Waals surface area contributed by atoms with Gasteiger partial charge in [0.25, 0.3) is 0 Å². The highest BCUT2D eigenvalue weighted by molar-refractivity contribution is 5.74. The number of nitrogens with zero attached hydrogens (tertiary/aromatic N) is 1. The van der Waals surface area contributed by atoms with Crippen molar-refractivity contribution >= 4 is 6.03 Å². The molecular weight excluding hydrogens is 323 g/mol. The fourth-order valence-electron chi connectivity index (χ4n) is 3.16. The van der Waals surface area contributed by atoms with E-state index in [1.54, 1.807) is 29.2 Å². The number of carbonyl (C=O) groups excluding carboxylic acids is 1. The van der Waals surface area contributed by atoms with E-state index in [4.69, 9.17) is 0 Å². The number of likely N-dealkylation sites (tertiary alicyclic amines) is 1. The van der Waals surface area contributed by atoms with Crippen LogP contribution in [0.4, 0.5) is 9.18 Å². The van der Waals surface area contributed by atoms with Crippen molar-refractivity contribution in [3.63, 3.8) is 0 Å². The van der Waals surface area contributed by atoms with Crippen molar-refractivity contribution in [2.24, 2.45) is 0 Å². The number of phenols is 2. The number of halogens is 1. The molecule has 0 bridgehead atoms. The Morgan fingerprint density at radius 3 is 2.44 bits per heavy atom. The molecule has 0 unspecified atom stereocenters. The average molecular weight is 344 g/mol. The zero-order chi connectivity index (χ0) is 17.8. The topological polar surface area (TPSA) is 72.8 Å². The molecule has 0 aliphatic carbocycles. The van der Waals surface area contributed by atoms with Crippen LogP contribution in [-0.2, 0) is 6.54 Å². The van der Waals surface area contributed by atoms with Gasteiger partial charge in [-0.15, -0.1) is 0 Å². The first kappa shape index (κ1) is 17.1. The van der Waals surface area contributed by atoms with Crippen molar-refractivity contribution in [1.82, 2.24) is 10.2 Å². The van der Waals surface area contributed by atoms with Gasteiger partial charge in [-0.25, -0.2) is 9.18 Å². The molecule has 0 saturated carbocycles. The molecule has 1 heterocycles. The van der Waals surface area contributed by atoms with E-state index in [0.29, 0.717) is 19.6 Å². The number of hydrogen-bond acceptors (Lipinski definition) is 3. The first-order valence-electron chi connectivity index (χ1n) is 8.32. The van der Waals surface area contributed by atoms with Crippen LogP contribution in [0.5, 0.6) is 11.5 Å². The van der Waals surface area contributed by atoms with Gasteiger partial charge < -0.3 is 20.4 Å². The van der Waals surface area contributed by atoms with Crippen LogP contribution in [0.15, 0.2) is 42.5 Å². The first-order chi connectivity index (χ1) is 12.0. The van der Waals surface area contributed by atoms with Crippen LogP contribution in [0.1, 0.15) is 29.9 Å². The summed E-state index contributed by atoms with van der Waals surface area (Å²) in [5.41, 5.74) is 1.66. The number of piperidine rings is 1. The monoisotopic (exact) mass is 344 g/mol. The fourth-order valence-corrected chi connectivity index (χ4v) is 3.16. The number of urea groups is 1. The molecule has 0 radical (unpaired) electrons. The normalized spacial score (nSPS) is 15.2. The lowest BCUT2D eigenvalue weighted by Crippen LogP contribution is -2.43. The molecule has 1 aliphatic heterocycles. The summed E-state index contributed by atoms with van der Waals surface area (Å²) in [5.74, 6) is 0.00875. The van der Waals surface area contributed by atoms with Gasteiger partial charge in [-0.3, -0.25) is 0 Å². The zero-order valence-electron chi connectivity index (χ0n) is 13.8. The van der Waals surface area contributed by atoms with Gasteiger partial charge in [0.15, 0.2) is 0 Å². The third kappa shape index (κ3) is 4.21. The number of phenolic OH excluding ortho intramolecular Hbond substituents is 2. The number of rotatable bonds is 3. The molecule has 0 atom stereocenters. The van der Waals surface area contributed by atoms with Gasteiger partial charge in [0.05, 0.1) is 0 Å². The highest BCUT2D eigenvalue weighted by atomic mass is 19.1. The third-order valence-corrected chi connectivity index (χ3v) is 4.59. The molecule has 3 N–H and O–H groups in total. The second-order valence-electron chi connectivity index (χ2n) is 6.29. The zero-order valence-corrected chi connectivity index (χ0v) is 13.8. The largest absolute Gasteiger partial charge is 0.508 e. The molecule has 1 fully saturated rings. The van der Waals surface area contributed by atoms with E-state index in [-0.39, 0.29) is 29.3 Å². The Hall–Kier alpha value is -2.76. The first-order valence-corrected chi connectivity index (χ1v) is 8.32. The number of hydrogen-bond donors (Lipinski definition) is 3. The maximum atomic E-state index is 12.9. The highest BCUT2D eigenvalue weighted by Gasteiger charge is 2.25. The quantitative estimate of drug-likeness (QED) is 0.800. The Labute approximate surface area is 145 Å². The summed E-state index contributed by atoms with van der Waals surface area (Å²) < 4.78 is 12.9. The lowest BCUT2D eigenvalue weighted by atomic mass is 9.89. The SMILES string of the molecule is O=C(NCc1ccc(F)cc1)N1CCC(c2ccc(O)cc2O)CC1. The molecule has 5 nitrogen and oxygen atoms in total. The van der Waals surface area contributed by atoms with Crippen LogP contribution in [0.2, 0.25) is 0 Å². The van der Waals surface area contributed by atoms with Gasteiger partial charge in [-0.05, 0) is 48.1 Å². The molecule has 1 saturated heterocycles. The summed E-state index contributed by atoms with van der Waals surface area (Å²) in [5, 5.41) is 22.2. The van der Waals surface area contributed by atoms with Crippen LogP contribution in [0.25, 0.3) is 0 Å². The minimum absolute atomic E-state index is 0.0406. The van der Waals surface area contributed by atoms with E-state index in [9.17, 15) is 19.4 Å². The number of nitrogens with one attached hydrogen (secondary N) is 1. The van der Waals surface area contributed by atoms with E-state index in [1.807, 2.05) is 0 Å². The number of amides is 2. The molecule has 1 aliphatic rings. The van der Waals surface area contributed by atoms with Crippen LogP contribution in [0, 0.1) is 5.82 Å². The van der Waals surface area contributed by atoms with Gasteiger partial charge in [-0.2, -0.15) is 0 Å². The Balaban J connectivity index is 1.51.